The maximum absolute atomic E-state index is 5.77. The van der Waals surface area contributed by atoms with Crippen LogP contribution in [0.5, 0.6) is 5.75 Å². The number of ether oxygens (including phenoxy) is 1. The Kier molecular flexibility index (Phi) is 4.99. The summed E-state index contributed by atoms with van der Waals surface area (Å²) in [6.45, 7) is 1.27. The van der Waals surface area contributed by atoms with Gasteiger partial charge in [0.2, 0.25) is 0 Å². The van der Waals surface area contributed by atoms with E-state index >= 15 is 0 Å². The first-order chi connectivity index (χ1) is 9.20. The molecule has 0 fully saturated rings. The van der Waals surface area contributed by atoms with Crippen LogP contribution in [0.2, 0.25) is 0 Å². The highest BCUT2D eigenvalue weighted by Gasteiger charge is 2.04. The summed E-state index contributed by atoms with van der Waals surface area (Å²) in [6.07, 6.45) is 5.41. The number of rotatable bonds is 6. The zero-order valence-electron chi connectivity index (χ0n) is 11.0. The lowest BCUT2D eigenvalue weighted by Crippen LogP contribution is -2.07. The smallest absolute Gasteiger partial charge is 0.133 e. The van der Waals surface area contributed by atoms with Gasteiger partial charge in [0.15, 0.2) is 0 Å². The fourth-order valence-corrected chi connectivity index (χ4v) is 2.41. The highest BCUT2D eigenvalue weighted by atomic mass is 79.9. The molecule has 0 aliphatic heterocycles. The lowest BCUT2D eigenvalue weighted by atomic mass is 10.1. The molecule has 0 unspecified atom stereocenters. The third-order valence-corrected chi connectivity index (χ3v) is 3.55. The molecule has 102 valence electrons. The molecule has 0 atom stereocenters. The van der Waals surface area contributed by atoms with Crippen molar-refractivity contribution in [1.82, 2.24) is 9.55 Å². The van der Waals surface area contributed by atoms with Crippen LogP contribution < -0.4 is 10.5 Å². The van der Waals surface area contributed by atoms with E-state index in [4.69, 9.17) is 10.5 Å². The monoisotopic (exact) mass is 323 g/mol. The van der Waals surface area contributed by atoms with Crippen molar-refractivity contribution in [2.75, 3.05) is 13.2 Å². The third-order valence-electron chi connectivity index (χ3n) is 2.93. The highest BCUT2D eigenvalue weighted by Crippen LogP contribution is 2.26. The average Bonchev–Trinajstić information content (AvgIpc) is 2.78. The van der Waals surface area contributed by atoms with Crippen LogP contribution in [0.15, 0.2) is 35.1 Å². The van der Waals surface area contributed by atoms with Crippen LogP contribution in [-0.2, 0) is 19.9 Å². The van der Waals surface area contributed by atoms with Gasteiger partial charge in [-0.15, -0.1) is 0 Å². The molecule has 1 heterocycles. The third kappa shape index (κ3) is 3.81. The second-order valence-electron chi connectivity index (χ2n) is 4.36. The molecule has 0 saturated carbocycles. The summed E-state index contributed by atoms with van der Waals surface area (Å²) >= 11 is 3.52. The molecule has 1 aromatic heterocycles. The van der Waals surface area contributed by atoms with E-state index in [1.165, 1.54) is 5.56 Å². The van der Waals surface area contributed by atoms with E-state index in [9.17, 15) is 0 Å². The molecule has 2 rings (SSSR count). The zero-order valence-corrected chi connectivity index (χ0v) is 12.6. The minimum Gasteiger partial charge on any atom is -0.492 e. The van der Waals surface area contributed by atoms with E-state index in [0.29, 0.717) is 13.2 Å². The maximum atomic E-state index is 5.77. The molecule has 0 aliphatic carbocycles. The Balaban J connectivity index is 1.91. The molecule has 0 radical (unpaired) electrons. The highest BCUT2D eigenvalue weighted by molar-refractivity contribution is 9.10. The molecule has 0 bridgehead atoms. The van der Waals surface area contributed by atoms with Gasteiger partial charge in [-0.2, -0.15) is 0 Å². The molecule has 0 aliphatic rings. The van der Waals surface area contributed by atoms with Crippen molar-refractivity contribution in [3.8, 4) is 5.75 Å². The van der Waals surface area contributed by atoms with Gasteiger partial charge in [0.25, 0.3) is 0 Å². The van der Waals surface area contributed by atoms with Crippen molar-refractivity contribution in [3.63, 3.8) is 0 Å². The molecule has 5 heteroatoms. The number of hydrogen-bond acceptors (Lipinski definition) is 3. The van der Waals surface area contributed by atoms with Crippen molar-refractivity contribution in [3.05, 3.63) is 46.5 Å². The van der Waals surface area contributed by atoms with Gasteiger partial charge in [0.1, 0.15) is 11.6 Å². The van der Waals surface area contributed by atoms with E-state index in [1.807, 2.05) is 29.9 Å². The van der Waals surface area contributed by atoms with Crippen LogP contribution in [0.3, 0.4) is 0 Å². The van der Waals surface area contributed by atoms with Gasteiger partial charge >= 0.3 is 0 Å². The molecule has 0 spiro atoms. The standard InChI is InChI=1S/C14H18BrN3O/c1-18-8-7-17-14(18)5-9-19-13-3-2-11(4-6-16)10-12(13)15/h2-3,7-8,10H,4-6,9,16H2,1H3. The number of benzene rings is 1. The van der Waals surface area contributed by atoms with E-state index in [-0.39, 0.29) is 0 Å². The summed E-state index contributed by atoms with van der Waals surface area (Å²) in [5.74, 6) is 1.88. The molecule has 1 aromatic carbocycles. The van der Waals surface area contributed by atoms with Crippen LogP contribution in [0.4, 0.5) is 0 Å². The summed E-state index contributed by atoms with van der Waals surface area (Å²) in [5, 5.41) is 0. The number of hydrogen-bond donors (Lipinski definition) is 1. The van der Waals surface area contributed by atoms with Gasteiger partial charge in [-0.1, -0.05) is 6.07 Å². The minimum absolute atomic E-state index is 0.611. The first-order valence-corrected chi connectivity index (χ1v) is 7.07. The maximum Gasteiger partial charge on any atom is 0.133 e. The Hall–Kier alpha value is -1.33. The van der Waals surface area contributed by atoms with Crippen LogP contribution in [0, 0.1) is 0 Å². The second kappa shape index (κ2) is 6.73. The fraction of sp³-hybridized carbons (Fsp3) is 0.357. The van der Waals surface area contributed by atoms with Crippen molar-refractivity contribution in [2.24, 2.45) is 12.8 Å². The molecular weight excluding hydrogens is 306 g/mol. The number of nitrogens with zero attached hydrogens (tertiary/aromatic N) is 2. The van der Waals surface area contributed by atoms with Gasteiger partial charge in [0.05, 0.1) is 11.1 Å². The lowest BCUT2D eigenvalue weighted by molar-refractivity contribution is 0.315. The van der Waals surface area contributed by atoms with E-state index < -0.39 is 0 Å². The number of aryl methyl sites for hydroxylation is 1. The Bertz CT molecular complexity index is 539. The van der Waals surface area contributed by atoms with Gasteiger partial charge in [-0.05, 0) is 46.6 Å². The molecule has 19 heavy (non-hydrogen) atoms. The lowest BCUT2D eigenvalue weighted by Gasteiger charge is -2.09. The van der Waals surface area contributed by atoms with Crippen molar-refractivity contribution in [2.45, 2.75) is 12.8 Å². The van der Waals surface area contributed by atoms with Crippen LogP contribution >= 0.6 is 15.9 Å². The average molecular weight is 324 g/mol. The summed E-state index contributed by atoms with van der Waals surface area (Å²) < 4.78 is 8.74. The molecule has 2 aromatic rings. The Morgan fingerprint density at radius 1 is 1.37 bits per heavy atom. The SMILES string of the molecule is Cn1ccnc1CCOc1ccc(CCN)cc1Br. The summed E-state index contributed by atoms with van der Waals surface area (Å²) in [7, 11) is 1.99. The molecular formula is C14H18BrN3O. The van der Waals surface area contributed by atoms with Gasteiger partial charge in [0, 0.05) is 25.9 Å². The van der Waals surface area contributed by atoms with Crippen molar-refractivity contribution in [1.29, 1.82) is 0 Å². The largest absolute Gasteiger partial charge is 0.492 e. The number of nitrogens with two attached hydrogens (primary N) is 1. The summed E-state index contributed by atoms with van der Waals surface area (Å²) in [6, 6.07) is 6.09. The summed E-state index contributed by atoms with van der Waals surface area (Å²) in [5.41, 5.74) is 6.76. The topological polar surface area (TPSA) is 53.1 Å². The summed E-state index contributed by atoms with van der Waals surface area (Å²) in [4.78, 5) is 4.27. The van der Waals surface area contributed by atoms with Crippen molar-refractivity contribution < 1.29 is 4.74 Å². The Morgan fingerprint density at radius 3 is 2.84 bits per heavy atom. The quantitative estimate of drug-likeness (QED) is 0.887. The van der Waals surface area contributed by atoms with E-state index in [0.717, 1.165) is 28.9 Å². The Labute approximate surface area is 121 Å². The zero-order chi connectivity index (χ0) is 13.7. The number of imidazole rings is 1. The minimum atomic E-state index is 0.611. The van der Waals surface area contributed by atoms with E-state index in [1.54, 1.807) is 6.20 Å². The number of aromatic nitrogens is 2. The normalized spacial score (nSPS) is 10.7. The molecule has 2 N–H and O–H groups in total. The molecule has 4 nitrogen and oxygen atoms in total. The van der Waals surface area contributed by atoms with Crippen LogP contribution in [-0.4, -0.2) is 22.7 Å². The van der Waals surface area contributed by atoms with Crippen molar-refractivity contribution >= 4 is 15.9 Å². The Morgan fingerprint density at radius 2 is 2.21 bits per heavy atom. The number of halogens is 1. The first kappa shape index (κ1) is 14.1. The van der Waals surface area contributed by atoms with Crippen LogP contribution in [0.1, 0.15) is 11.4 Å². The first-order valence-electron chi connectivity index (χ1n) is 6.28. The van der Waals surface area contributed by atoms with Crippen LogP contribution in [0.25, 0.3) is 0 Å². The van der Waals surface area contributed by atoms with E-state index in [2.05, 4.69) is 27.0 Å². The fourth-order valence-electron chi connectivity index (χ4n) is 1.87. The second-order valence-corrected chi connectivity index (χ2v) is 5.21. The predicted molar refractivity (Wildman–Crippen MR) is 79.3 cm³/mol. The van der Waals surface area contributed by atoms with Gasteiger partial charge in [-0.25, -0.2) is 4.98 Å². The molecule has 0 amide bonds. The predicted octanol–water partition coefficient (Wildman–Crippen LogP) is 2.31. The molecule has 0 saturated heterocycles. The van der Waals surface area contributed by atoms with Gasteiger partial charge < -0.3 is 15.0 Å². The van der Waals surface area contributed by atoms with Gasteiger partial charge in [-0.3, -0.25) is 0 Å².